The third kappa shape index (κ3) is 1.69. The van der Waals surface area contributed by atoms with Gasteiger partial charge in [-0.2, -0.15) is 0 Å². The fourth-order valence-corrected chi connectivity index (χ4v) is 0.813. The summed E-state index contributed by atoms with van der Waals surface area (Å²) in [5.74, 6) is 0.0714. The second-order valence-corrected chi connectivity index (χ2v) is 3.47. The molecule has 0 saturated carbocycles. The first-order valence-corrected chi connectivity index (χ1v) is 3.61. The summed E-state index contributed by atoms with van der Waals surface area (Å²) >= 11 is 7.36. The van der Waals surface area contributed by atoms with Gasteiger partial charge in [0, 0.05) is 6.08 Å². The van der Waals surface area contributed by atoms with Crippen LogP contribution in [0.25, 0.3) is 0 Å². The maximum atomic E-state index is 10.4. The molecule has 0 atom stereocenters. The number of halogens is 2. The molecular weight excluding hydrogens is 254 g/mol. The third-order valence-corrected chi connectivity index (χ3v) is 1.49. The van der Waals surface area contributed by atoms with Crippen LogP contribution in [-0.4, -0.2) is 5.97 Å². The van der Waals surface area contributed by atoms with Crippen molar-refractivity contribution in [2.24, 2.45) is 0 Å². The van der Waals surface area contributed by atoms with Crippen molar-refractivity contribution < 1.29 is 9.53 Å². The van der Waals surface area contributed by atoms with Crippen LogP contribution in [0.3, 0.4) is 0 Å². The van der Waals surface area contributed by atoms with Crippen molar-refractivity contribution in [1.29, 1.82) is 0 Å². The zero-order valence-electron chi connectivity index (χ0n) is 4.23. The van der Waals surface area contributed by atoms with E-state index in [0.29, 0.717) is 8.80 Å². The molecule has 0 aliphatic carbocycles. The summed E-state index contributed by atoms with van der Waals surface area (Å²) in [6.07, 6.45) is 2.87. The Balaban J connectivity index is 2.83. The summed E-state index contributed by atoms with van der Waals surface area (Å²) in [7, 11) is 0. The summed E-state index contributed by atoms with van der Waals surface area (Å²) in [4.78, 5) is 10.4. The molecule has 1 heterocycles. The van der Waals surface area contributed by atoms with Gasteiger partial charge in [0.25, 0.3) is 0 Å². The predicted octanol–water partition coefficient (Wildman–Crippen LogP) is 1.94. The molecule has 4 heteroatoms. The minimum Gasteiger partial charge on any atom is -0.421 e. The zero-order chi connectivity index (χ0) is 6.85. The van der Waals surface area contributed by atoms with Crippen molar-refractivity contribution in [2.45, 2.75) is 0 Å². The summed E-state index contributed by atoms with van der Waals surface area (Å²) in [5, 5.41) is 0. The van der Waals surface area contributed by atoms with E-state index in [-0.39, 0.29) is 5.97 Å². The van der Waals surface area contributed by atoms with Gasteiger partial charge < -0.3 is 4.74 Å². The molecule has 2 nitrogen and oxygen atoms in total. The highest BCUT2D eigenvalue weighted by Crippen LogP contribution is 2.22. The van der Waals surface area contributed by atoms with Gasteiger partial charge in [-0.3, -0.25) is 0 Å². The number of hydrogen-bond donors (Lipinski definition) is 0. The second kappa shape index (κ2) is 2.70. The van der Waals surface area contributed by atoms with Crippen molar-refractivity contribution >= 4 is 40.2 Å². The smallest absolute Gasteiger partial charge is 0.336 e. The molecule has 0 aromatic carbocycles. The Morgan fingerprint density at radius 1 is 1.67 bits per heavy atom. The number of allylic oxidation sites excluding steroid dienone is 1. The van der Waals surface area contributed by atoms with E-state index in [1.165, 1.54) is 12.2 Å². The highest BCUT2D eigenvalue weighted by Gasteiger charge is 2.11. The van der Waals surface area contributed by atoms with Gasteiger partial charge in [-0.1, -0.05) is 11.6 Å². The van der Waals surface area contributed by atoms with Crippen LogP contribution in [0.5, 0.6) is 0 Å². The summed E-state index contributed by atoms with van der Waals surface area (Å²) < 4.78 is 5.08. The Bertz CT molecular complexity index is 203. The Hall–Kier alpha value is -0.0300. The zero-order valence-corrected chi connectivity index (χ0v) is 7.14. The van der Waals surface area contributed by atoms with Gasteiger partial charge in [-0.25, -0.2) is 4.79 Å². The average Bonchev–Trinajstić information content (AvgIpc) is 2.14. The fourth-order valence-electron chi connectivity index (χ4n) is 0.422. The number of hydrogen-bond acceptors (Lipinski definition) is 2. The maximum Gasteiger partial charge on any atom is 0.336 e. The lowest BCUT2D eigenvalue weighted by molar-refractivity contribution is -0.132. The van der Waals surface area contributed by atoms with E-state index < -0.39 is 0 Å². The molecule has 48 valence electrons. The Labute approximate surface area is 70.7 Å². The van der Waals surface area contributed by atoms with Gasteiger partial charge >= 0.3 is 5.97 Å². The molecule has 0 spiro atoms. The van der Waals surface area contributed by atoms with Crippen LogP contribution < -0.4 is 0 Å². The first-order valence-electron chi connectivity index (χ1n) is 2.15. The van der Waals surface area contributed by atoms with E-state index >= 15 is 0 Å². The Morgan fingerprint density at radius 3 is 2.56 bits per heavy atom. The van der Waals surface area contributed by atoms with E-state index in [1.54, 1.807) is 0 Å². The maximum absolute atomic E-state index is 10.4. The first kappa shape index (κ1) is 7.08. The number of carbonyl (C=O) groups excluding carboxylic acids is 1. The minimum absolute atomic E-state index is 0.361. The van der Waals surface area contributed by atoms with Crippen LogP contribution in [-0.2, 0) is 9.53 Å². The third-order valence-electron chi connectivity index (χ3n) is 0.768. The molecule has 0 N–H and O–H groups in total. The van der Waals surface area contributed by atoms with Crippen LogP contribution in [0, 0.1) is 0 Å². The molecule has 0 bridgehead atoms. The molecule has 0 amide bonds. The van der Waals surface area contributed by atoms with Gasteiger partial charge in [-0.05, 0) is 28.7 Å². The predicted molar refractivity (Wildman–Crippen MR) is 42.1 cm³/mol. The molecule has 1 rings (SSSR count). The van der Waals surface area contributed by atoms with Gasteiger partial charge in [0.1, 0.15) is 3.04 Å². The largest absolute Gasteiger partial charge is 0.421 e. The second-order valence-electron chi connectivity index (χ2n) is 1.38. The minimum atomic E-state index is -0.361. The van der Waals surface area contributed by atoms with E-state index in [2.05, 4.69) is 4.74 Å². The van der Waals surface area contributed by atoms with Gasteiger partial charge in [0.2, 0.25) is 0 Å². The van der Waals surface area contributed by atoms with Crippen LogP contribution >= 0.6 is 34.2 Å². The van der Waals surface area contributed by atoms with Gasteiger partial charge in [-0.15, -0.1) is 0 Å². The monoisotopic (exact) mass is 256 g/mol. The lowest BCUT2D eigenvalue weighted by atomic mass is 10.5. The molecule has 0 fully saturated rings. The summed E-state index contributed by atoms with van der Waals surface area (Å²) in [6, 6.07) is 0. The fraction of sp³-hybridized carbons (Fsp3) is 0. The molecule has 0 radical (unpaired) electrons. The lowest BCUT2D eigenvalue weighted by Gasteiger charge is -1.92. The SMILES string of the molecule is O=C1C=C/C(=C(\Cl)I)O1. The van der Waals surface area contributed by atoms with Crippen molar-refractivity contribution in [3.63, 3.8) is 0 Å². The van der Waals surface area contributed by atoms with E-state index in [9.17, 15) is 4.79 Å². The van der Waals surface area contributed by atoms with Crippen molar-refractivity contribution in [1.82, 2.24) is 0 Å². The van der Waals surface area contributed by atoms with Gasteiger partial charge in [0.15, 0.2) is 5.76 Å². The number of rotatable bonds is 0. The Morgan fingerprint density at radius 2 is 2.33 bits per heavy atom. The average molecular weight is 256 g/mol. The quantitative estimate of drug-likeness (QED) is 0.489. The first-order chi connectivity index (χ1) is 4.20. The topological polar surface area (TPSA) is 26.3 Å². The summed E-state index contributed by atoms with van der Waals surface area (Å²) in [6.45, 7) is 0. The number of cyclic esters (lactones) is 1. The number of esters is 1. The van der Waals surface area contributed by atoms with Gasteiger partial charge in [0.05, 0.1) is 0 Å². The van der Waals surface area contributed by atoms with Crippen molar-refractivity contribution in [3.05, 3.63) is 21.0 Å². The standard InChI is InChI=1S/C5H2ClIO2/c6-5(7)3-1-2-4(8)9-3/h1-2H/b5-3-. The highest BCUT2D eigenvalue weighted by atomic mass is 127. The normalized spacial score (nSPS) is 22.2. The lowest BCUT2D eigenvalue weighted by Crippen LogP contribution is -1.89. The van der Waals surface area contributed by atoms with E-state index in [4.69, 9.17) is 11.6 Å². The molecule has 0 saturated heterocycles. The molecular formula is C5H2ClIO2. The molecule has 1 aliphatic rings. The highest BCUT2D eigenvalue weighted by molar-refractivity contribution is 14.1. The molecule has 0 unspecified atom stereocenters. The Kier molecular flexibility index (Phi) is 2.13. The molecule has 0 aromatic rings. The number of ether oxygens (including phenoxy) is 1. The molecule has 1 aliphatic heterocycles. The van der Waals surface area contributed by atoms with E-state index in [1.807, 2.05) is 22.6 Å². The van der Waals surface area contributed by atoms with Crippen molar-refractivity contribution in [2.75, 3.05) is 0 Å². The van der Waals surface area contributed by atoms with Crippen LogP contribution in [0.1, 0.15) is 0 Å². The number of carbonyl (C=O) groups is 1. The van der Waals surface area contributed by atoms with Crippen molar-refractivity contribution in [3.8, 4) is 0 Å². The molecule has 0 aromatic heterocycles. The van der Waals surface area contributed by atoms with E-state index in [0.717, 1.165) is 0 Å². The van der Waals surface area contributed by atoms with Crippen LogP contribution in [0.4, 0.5) is 0 Å². The van der Waals surface area contributed by atoms with Crippen LogP contribution in [0.2, 0.25) is 0 Å². The molecule has 9 heavy (non-hydrogen) atoms. The summed E-state index contributed by atoms with van der Waals surface area (Å²) in [5.41, 5.74) is 0. The van der Waals surface area contributed by atoms with Crippen LogP contribution in [0.15, 0.2) is 21.0 Å².